The van der Waals surface area contributed by atoms with E-state index < -0.39 is 11.6 Å². The van der Waals surface area contributed by atoms with E-state index in [0.29, 0.717) is 56.8 Å². The standard InChI is InChI=1S/C30H33F2N7OS/c1-16-12-20-24(23(32)22(16)19-6-7-21(31)26-25(19)35-28(33)41-26)36-29(40-15-30-8-2-10-39(30)11-3-9-30)37-27(20)38-13-17-4-5-18(14-38)34-17/h6-7,12,17-18,34H,2-5,8-11,13-15H2,1H3,(H2,33,35). The quantitative estimate of drug-likeness (QED) is 0.342. The predicted molar refractivity (Wildman–Crippen MR) is 158 cm³/mol. The third-order valence-electron chi connectivity index (χ3n) is 9.67. The molecule has 0 saturated carbocycles. The van der Waals surface area contributed by atoms with E-state index in [0.717, 1.165) is 63.2 Å². The molecule has 214 valence electrons. The number of fused-ring (bicyclic) bond motifs is 5. The van der Waals surface area contributed by atoms with Crippen molar-refractivity contribution in [3.05, 3.63) is 35.4 Å². The van der Waals surface area contributed by atoms with Crippen molar-refractivity contribution in [2.75, 3.05) is 43.4 Å². The van der Waals surface area contributed by atoms with E-state index in [2.05, 4.69) is 20.1 Å². The number of piperazine rings is 1. The lowest BCUT2D eigenvalue weighted by atomic mass is 9.95. The van der Waals surface area contributed by atoms with Gasteiger partial charge in [0.25, 0.3) is 0 Å². The Labute approximate surface area is 240 Å². The maximum absolute atomic E-state index is 16.8. The van der Waals surface area contributed by atoms with Crippen LogP contribution in [0.5, 0.6) is 6.01 Å². The van der Waals surface area contributed by atoms with Gasteiger partial charge in [0.2, 0.25) is 0 Å². The smallest absolute Gasteiger partial charge is 0.319 e. The number of nitrogen functional groups attached to an aromatic ring is 1. The van der Waals surface area contributed by atoms with Crippen molar-refractivity contribution in [1.82, 2.24) is 25.2 Å². The lowest BCUT2D eigenvalue weighted by Crippen LogP contribution is -2.51. The summed E-state index contributed by atoms with van der Waals surface area (Å²) >= 11 is 1.07. The predicted octanol–water partition coefficient (Wildman–Crippen LogP) is 5.02. The fraction of sp³-hybridized carbons (Fsp3) is 0.500. The first kappa shape index (κ1) is 25.6. The fourth-order valence-corrected chi connectivity index (χ4v) is 8.54. The van der Waals surface area contributed by atoms with Gasteiger partial charge in [-0.2, -0.15) is 9.97 Å². The van der Waals surface area contributed by atoms with Crippen LogP contribution in [0.3, 0.4) is 0 Å². The highest BCUT2D eigenvalue weighted by atomic mass is 32.1. The summed E-state index contributed by atoms with van der Waals surface area (Å²) in [4.78, 5) is 18.8. The third kappa shape index (κ3) is 4.07. The van der Waals surface area contributed by atoms with Crippen molar-refractivity contribution in [3.63, 3.8) is 0 Å². The van der Waals surface area contributed by atoms with Crippen LogP contribution in [0.2, 0.25) is 0 Å². The maximum atomic E-state index is 16.8. The molecule has 0 spiro atoms. The van der Waals surface area contributed by atoms with Gasteiger partial charge < -0.3 is 20.7 Å². The lowest BCUT2D eigenvalue weighted by Gasteiger charge is -2.35. The number of halogens is 2. The SMILES string of the molecule is Cc1cc2c(N3CC4CCC(C3)N4)nc(OCC34CCCN3CCC4)nc2c(F)c1-c1ccc(F)c2sc(N)nc12. The molecule has 8 nitrogen and oxygen atoms in total. The first-order valence-corrected chi connectivity index (χ1v) is 15.4. The van der Waals surface area contributed by atoms with Crippen LogP contribution in [-0.2, 0) is 0 Å². The van der Waals surface area contributed by atoms with Crippen LogP contribution in [-0.4, -0.2) is 70.3 Å². The molecule has 3 N–H and O–H groups in total. The zero-order chi connectivity index (χ0) is 27.9. The van der Waals surface area contributed by atoms with Gasteiger partial charge in [-0.05, 0) is 82.3 Å². The molecule has 4 fully saturated rings. The molecule has 4 aliphatic rings. The topological polar surface area (TPSA) is 92.4 Å². The van der Waals surface area contributed by atoms with E-state index in [1.807, 2.05) is 13.0 Å². The second kappa shape index (κ2) is 9.43. The number of benzene rings is 2. The number of hydrogen-bond donors (Lipinski definition) is 2. The number of aromatic nitrogens is 3. The van der Waals surface area contributed by atoms with Crippen LogP contribution in [0, 0.1) is 18.6 Å². The number of nitrogens with two attached hydrogens (primary N) is 1. The Morgan fingerprint density at radius 3 is 2.59 bits per heavy atom. The summed E-state index contributed by atoms with van der Waals surface area (Å²) < 4.78 is 38.1. The van der Waals surface area contributed by atoms with Gasteiger partial charge in [-0.3, -0.25) is 4.90 Å². The number of nitrogens with zero attached hydrogens (tertiary/aromatic N) is 5. The molecular weight excluding hydrogens is 544 g/mol. The third-order valence-corrected chi connectivity index (χ3v) is 10.6. The molecule has 2 atom stereocenters. The van der Waals surface area contributed by atoms with Gasteiger partial charge in [-0.25, -0.2) is 13.8 Å². The van der Waals surface area contributed by atoms with E-state index in [9.17, 15) is 4.39 Å². The minimum absolute atomic E-state index is 0.0217. The summed E-state index contributed by atoms with van der Waals surface area (Å²) in [5.74, 6) is -0.184. The average molecular weight is 578 g/mol. The van der Waals surface area contributed by atoms with Gasteiger partial charge in [0.1, 0.15) is 23.8 Å². The minimum Gasteiger partial charge on any atom is -0.461 e. The summed E-state index contributed by atoms with van der Waals surface area (Å²) in [6.45, 7) is 6.18. The summed E-state index contributed by atoms with van der Waals surface area (Å²) in [5.41, 5.74) is 8.09. The van der Waals surface area contributed by atoms with Gasteiger partial charge >= 0.3 is 6.01 Å². The molecule has 2 aromatic heterocycles. The molecule has 2 bridgehead atoms. The van der Waals surface area contributed by atoms with Crippen molar-refractivity contribution < 1.29 is 13.5 Å². The van der Waals surface area contributed by atoms with E-state index in [1.165, 1.54) is 18.9 Å². The second-order valence-electron chi connectivity index (χ2n) is 12.2. The number of nitrogens with one attached hydrogen (secondary N) is 1. The zero-order valence-electron chi connectivity index (χ0n) is 23.1. The van der Waals surface area contributed by atoms with Crippen LogP contribution in [0.15, 0.2) is 18.2 Å². The molecule has 2 aromatic carbocycles. The van der Waals surface area contributed by atoms with Crippen molar-refractivity contribution in [2.45, 2.75) is 63.1 Å². The Hall–Kier alpha value is -3.15. The molecule has 4 aromatic rings. The monoisotopic (exact) mass is 577 g/mol. The Bertz CT molecular complexity index is 1670. The summed E-state index contributed by atoms with van der Waals surface area (Å²) in [6, 6.07) is 5.87. The molecule has 0 aliphatic carbocycles. The van der Waals surface area contributed by atoms with E-state index in [-0.39, 0.29) is 22.2 Å². The summed E-state index contributed by atoms with van der Waals surface area (Å²) in [5, 5.41) is 4.58. The molecule has 11 heteroatoms. The summed E-state index contributed by atoms with van der Waals surface area (Å²) in [6.07, 6.45) is 6.79. The van der Waals surface area contributed by atoms with Gasteiger partial charge in [-0.1, -0.05) is 11.3 Å². The largest absolute Gasteiger partial charge is 0.461 e. The normalized spacial score (nSPS) is 23.6. The Kier molecular flexibility index (Phi) is 5.88. The highest BCUT2D eigenvalue weighted by molar-refractivity contribution is 7.22. The van der Waals surface area contributed by atoms with Crippen molar-refractivity contribution in [3.8, 4) is 17.1 Å². The molecule has 2 unspecified atom stereocenters. The van der Waals surface area contributed by atoms with Gasteiger partial charge in [-0.15, -0.1) is 0 Å². The van der Waals surface area contributed by atoms with Gasteiger partial charge in [0.15, 0.2) is 10.9 Å². The van der Waals surface area contributed by atoms with Crippen molar-refractivity contribution in [2.24, 2.45) is 0 Å². The molecule has 0 radical (unpaired) electrons. The molecule has 8 rings (SSSR count). The maximum Gasteiger partial charge on any atom is 0.319 e. The number of ether oxygens (including phenoxy) is 1. The lowest BCUT2D eigenvalue weighted by molar-refractivity contribution is 0.108. The highest BCUT2D eigenvalue weighted by Gasteiger charge is 2.45. The van der Waals surface area contributed by atoms with Crippen molar-refractivity contribution in [1.29, 1.82) is 0 Å². The van der Waals surface area contributed by atoms with Gasteiger partial charge in [0, 0.05) is 41.7 Å². The van der Waals surface area contributed by atoms with E-state index in [4.69, 9.17) is 20.4 Å². The van der Waals surface area contributed by atoms with E-state index in [1.54, 1.807) is 6.07 Å². The summed E-state index contributed by atoms with van der Waals surface area (Å²) in [7, 11) is 0. The molecule has 0 amide bonds. The molecule has 4 aliphatic heterocycles. The van der Waals surface area contributed by atoms with Crippen LogP contribution >= 0.6 is 11.3 Å². The number of rotatable bonds is 5. The molecule has 41 heavy (non-hydrogen) atoms. The number of aryl methyl sites for hydroxylation is 1. The average Bonchev–Trinajstić information content (AvgIpc) is 3.72. The van der Waals surface area contributed by atoms with Gasteiger partial charge in [0.05, 0.1) is 15.8 Å². The molecule has 4 saturated heterocycles. The van der Waals surface area contributed by atoms with E-state index >= 15 is 4.39 Å². The Balaban J connectivity index is 1.27. The minimum atomic E-state index is -0.479. The molecular formula is C30H33F2N7OS. The van der Waals surface area contributed by atoms with Crippen LogP contribution < -0.4 is 20.7 Å². The highest BCUT2D eigenvalue weighted by Crippen LogP contribution is 2.42. The fourth-order valence-electron chi connectivity index (χ4n) is 7.78. The Morgan fingerprint density at radius 2 is 1.83 bits per heavy atom. The Morgan fingerprint density at radius 1 is 1.07 bits per heavy atom. The second-order valence-corrected chi connectivity index (χ2v) is 13.2. The van der Waals surface area contributed by atoms with Crippen LogP contribution in [0.1, 0.15) is 44.1 Å². The van der Waals surface area contributed by atoms with Crippen molar-refractivity contribution >= 4 is 43.4 Å². The molecule has 6 heterocycles. The van der Waals surface area contributed by atoms with Crippen LogP contribution in [0.4, 0.5) is 19.7 Å². The number of anilines is 2. The first-order chi connectivity index (χ1) is 19.9. The zero-order valence-corrected chi connectivity index (χ0v) is 23.9. The first-order valence-electron chi connectivity index (χ1n) is 14.6. The van der Waals surface area contributed by atoms with Crippen LogP contribution in [0.25, 0.3) is 32.2 Å². The number of hydrogen-bond acceptors (Lipinski definition) is 9. The number of thiazole rings is 1.